The maximum Gasteiger partial charge on any atom is 0.277 e. The molecule has 1 heterocycles. The van der Waals surface area contributed by atoms with Gasteiger partial charge in [-0.1, -0.05) is 53.7 Å². The summed E-state index contributed by atoms with van der Waals surface area (Å²) in [6.45, 7) is 0.221. The lowest BCUT2D eigenvalue weighted by Gasteiger charge is -2.09. The average Bonchev–Trinajstić information content (AvgIpc) is 3.24. The highest BCUT2D eigenvalue weighted by Gasteiger charge is 2.14. The van der Waals surface area contributed by atoms with E-state index in [0.717, 1.165) is 11.1 Å². The molecule has 3 aromatic carbocycles. The molecular formula is C23H17FN2O3. The average molecular weight is 388 g/mol. The van der Waals surface area contributed by atoms with Crippen LogP contribution in [0.15, 0.2) is 89.5 Å². The normalized spacial score (nSPS) is 10.5. The molecule has 4 aromatic rings. The Morgan fingerprint density at radius 3 is 2.62 bits per heavy atom. The van der Waals surface area contributed by atoms with Gasteiger partial charge in [0.1, 0.15) is 18.2 Å². The van der Waals surface area contributed by atoms with Crippen LogP contribution in [-0.2, 0) is 6.61 Å². The number of ether oxygens (including phenoxy) is 1. The summed E-state index contributed by atoms with van der Waals surface area (Å²) in [6.07, 6.45) is 0. The van der Waals surface area contributed by atoms with Crippen LogP contribution in [0.4, 0.5) is 10.1 Å². The van der Waals surface area contributed by atoms with Gasteiger partial charge in [0, 0.05) is 23.4 Å². The minimum absolute atomic E-state index is 0.176. The fourth-order valence-electron chi connectivity index (χ4n) is 2.77. The first-order valence-electron chi connectivity index (χ1n) is 8.98. The van der Waals surface area contributed by atoms with Gasteiger partial charge >= 0.3 is 0 Å². The number of rotatable bonds is 6. The molecule has 0 spiro atoms. The minimum atomic E-state index is -0.391. The molecule has 0 radical (unpaired) electrons. The first-order valence-corrected chi connectivity index (χ1v) is 8.98. The number of halogens is 1. The van der Waals surface area contributed by atoms with Gasteiger partial charge in [-0.05, 0) is 29.8 Å². The molecular weight excluding hydrogens is 371 g/mol. The Morgan fingerprint density at radius 2 is 1.79 bits per heavy atom. The van der Waals surface area contributed by atoms with Crippen LogP contribution in [0.25, 0.3) is 11.3 Å². The third-order valence-electron chi connectivity index (χ3n) is 4.19. The third kappa shape index (κ3) is 4.68. The highest BCUT2D eigenvalue weighted by atomic mass is 19.1. The Hall–Kier alpha value is -3.93. The van der Waals surface area contributed by atoms with Crippen molar-refractivity contribution in [2.75, 3.05) is 5.32 Å². The van der Waals surface area contributed by atoms with Gasteiger partial charge in [-0.25, -0.2) is 4.39 Å². The predicted octanol–water partition coefficient (Wildman–Crippen LogP) is 5.31. The molecule has 1 N–H and O–H groups in total. The van der Waals surface area contributed by atoms with E-state index in [-0.39, 0.29) is 18.1 Å². The Kier molecular flexibility index (Phi) is 5.33. The lowest BCUT2D eigenvalue weighted by atomic mass is 10.1. The van der Waals surface area contributed by atoms with Gasteiger partial charge in [-0.2, -0.15) is 0 Å². The number of carbonyl (C=O) groups is 1. The van der Waals surface area contributed by atoms with Gasteiger partial charge in [0.25, 0.3) is 5.91 Å². The van der Waals surface area contributed by atoms with Gasteiger partial charge in [-0.15, -0.1) is 0 Å². The van der Waals surface area contributed by atoms with Crippen molar-refractivity contribution in [1.29, 1.82) is 0 Å². The first-order chi connectivity index (χ1) is 14.2. The van der Waals surface area contributed by atoms with E-state index in [0.29, 0.717) is 17.2 Å². The standard InChI is InChI=1S/C23H17FN2O3/c24-18-9-4-6-16(12-18)15-28-20-11-5-10-19(13-20)25-23(27)21-14-22(29-26-21)17-7-2-1-3-8-17/h1-14H,15H2,(H,25,27). The molecule has 5 nitrogen and oxygen atoms in total. The molecule has 0 atom stereocenters. The molecule has 1 aromatic heterocycles. The van der Waals surface area contributed by atoms with E-state index in [2.05, 4.69) is 10.5 Å². The Labute approximate surface area is 166 Å². The zero-order valence-corrected chi connectivity index (χ0v) is 15.3. The van der Waals surface area contributed by atoms with E-state index in [4.69, 9.17) is 9.26 Å². The van der Waals surface area contributed by atoms with Gasteiger partial charge in [-0.3, -0.25) is 4.79 Å². The molecule has 0 saturated carbocycles. The Morgan fingerprint density at radius 1 is 0.966 bits per heavy atom. The summed E-state index contributed by atoms with van der Waals surface area (Å²) >= 11 is 0. The SMILES string of the molecule is O=C(Nc1cccc(OCc2cccc(F)c2)c1)c1cc(-c2ccccc2)on1. The summed E-state index contributed by atoms with van der Waals surface area (Å²) in [5, 5.41) is 6.61. The second-order valence-corrected chi connectivity index (χ2v) is 6.34. The molecule has 0 aliphatic rings. The van der Waals surface area contributed by atoms with E-state index in [1.807, 2.05) is 30.3 Å². The number of benzene rings is 3. The maximum absolute atomic E-state index is 13.3. The molecule has 0 saturated heterocycles. The molecule has 29 heavy (non-hydrogen) atoms. The monoisotopic (exact) mass is 388 g/mol. The Bertz CT molecular complexity index is 1130. The smallest absolute Gasteiger partial charge is 0.277 e. The lowest BCUT2D eigenvalue weighted by Crippen LogP contribution is -2.12. The number of carbonyl (C=O) groups excluding carboxylic acids is 1. The van der Waals surface area contributed by atoms with E-state index in [9.17, 15) is 9.18 Å². The zero-order chi connectivity index (χ0) is 20.1. The third-order valence-corrected chi connectivity index (χ3v) is 4.19. The van der Waals surface area contributed by atoms with Crippen LogP contribution >= 0.6 is 0 Å². The minimum Gasteiger partial charge on any atom is -0.489 e. The summed E-state index contributed by atoms with van der Waals surface area (Å²) in [6, 6.07) is 24.2. The maximum atomic E-state index is 13.3. The number of nitrogens with one attached hydrogen (secondary N) is 1. The van der Waals surface area contributed by atoms with Crippen LogP contribution in [0.3, 0.4) is 0 Å². The number of hydrogen-bond donors (Lipinski definition) is 1. The molecule has 1 amide bonds. The lowest BCUT2D eigenvalue weighted by molar-refractivity contribution is 0.101. The largest absolute Gasteiger partial charge is 0.489 e. The van der Waals surface area contributed by atoms with Crippen LogP contribution in [0.5, 0.6) is 5.75 Å². The topological polar surface area (TPSA) is 64.4 Å². The molecule has 0 aliphatic heterocycles. The summed E-state index contributed by atoms with van der Waals surface area (Å²) < 4.78 is 24.2. The van der Waals surface area contributed by atoms with Crippen molar-refractivity contribution >= 4 is 11.6 Å². The molecule has 0 unspecified atom stereocenters. The molecule has 0 aliphatic carbocycles. The van der Waals surface area contributed by atoms with E-state index < -0.39 is 5.91 Å². The van der Waals surface area contributed by atoms with Crippen LogP contribution in [0.2, 0.25) is 0 Å². The van der Waals surface area contributed by atoms with Crippen LogP contribution < -0.4 is 10.1 Å². The predicted molar refractivity (Wildman–Crippen MR) is 107 cm³/mol. The Balaban J connectivity index is 1.41. The quantitative estimate of drug-likeness (QED) is 0.486. The fourth-order valence-corrected chi connectivity index (χ4v) is 2.77. The van der Waals surface area contributed by atoms with E-state index >= 15 is 0 Å². The van der Waals surface area contributed by atoms with Gasteiger partial charge in [0.05, 0.1) is 0 Å². The van der Waals surface area contributed by atoms with Crippen molar-refractivity contribution in [2.45, 2.75) is 6.61 Å². The van der Waals surface area contributed by atoms with Crippen molar-refractivity contribution in [3.8, 4) is 17.1 Å². The van der Waals surface area contributed by atoms with Crippen molar-refractivity contribution in [2.24, 2.45) is 0 Å². The second kappa shape index (κ2) is 8.39. The van der Waals surface area contributed by atoms with Crippen LogP contribution in [0, 0.1) is 5.82 Å². The molecule has 144 valence electrons. The van der Waals surface area contributed by atoms with Gasteiger partial charge < -0.3 is 14.6 Å². The van der Waals surface area contributed by atoms with Crippen molar-refractivity contribution < 1.29 is 18.4 Å². The van der Waals surface area contributed by atoms with Crippen molar-refractivity contribution in [3.63, 3.8) is 0 Å². The molecule has 6 heteroatoms. The molecule has 0 bridgehead atoms. The van der Waals surface area contributed by atoms with E-state index in [1.54, 1.807) is 42.5 Å². The van der Waals surface area contributed by atoms with Crippen LogP contribution in [-0.4, -0.2) is 11.1 Å². The van der Waals surface area contributed by atoms with Gasteiger partial charge in [0.2, 0.25) is 0 Å². The summed E-state index contributed by atoms with van der Waals surface area (Å²) in [5.41, 5.74) is 2.29. The van der Waals surface area contributed by atoms with Gasteiger partial charge in [0.15, 0.2) is 11.5 Å². The van der Waals surface area contributed by atoms with E-state index in [1.165, 1.54) is 12.1 Å². The second-order valence-electron chi connectivity index (χ2n) is 6.34. The zero-order valence-electron chi connectivity index (χ0n) is 15.3. The highest BCUT2D eigenvalue weighted by Crippen LogP contribution is 2.22. The van der Waals surface area contributed by atoms with Crippen molar-refractivity contribution in [1.82, 2.24) is 5.16 Å². The summed E-state index contributed by atoms with van der Waals surface area (Å²) in [5.74, 6) is 0.368. The fraction of sp³-hybridized carbons (Fsp3) is 0.0435. The number of anilines is 1. The number of nitrogens with zero attached hydrogens (tertiary/aromatic N) is 1. The highest BCUT2D eigenvalue weighted by molar-refractivity contribution is 6.03. The number of hydrogen-bond acceptors (Lipinski definition) is 4. The molecule has 4 rings (SSSR count). The summed E-state index contributed by atoms with van der Waals surface area (Å²) in [7, 11) is 0. The number of aromatic nitrogens is 1. The number of amides is 1. The summed E-state index contributed by atoms with van der Waals surface area (Å²) in [4.78, 5) is 12.5. The first kappa shape index (κ1) is 18.4. The van der Waals surface area contributed by atoms with Crippen LogP contribution in [0.1, 0.15) is 16.1 Å². The van der Waals surface area contributed by atoms with Crippen molar-refractivity contribution in [3.05, 3.63) is 102 Å². The molecule has 0 fully saturated rings.